The normalized spacial score (nSPS) is 12.0. The van der Waals surface area contributed by atoms with Crippen molar-refractivity contribution >= 4 is 11.9 Å². The molecule has 0 bridgehead atoms. The average molecular weight is 408 g/mol. The lowest BCUT2D eigenvalue weighted by atomic mass is 9.97. The molecule has 0 aromatic heterocycles. The highest BCUT2D eigenvalue weighted by Crippen LogP contribution is 2.33. The highest BCUT2D eigenvalue weighted by molar-refractivity contribution is 6.09. The van der Waals surface area contributed by atoms with Crippen molar-refractivity contribution in [2.75, 3.05) is 0 Å². The first-order chi connectivity index (χ1) is 14.1. The van der Waals surface area contributed by atoms with Crippen LogP contribution in [0.3, 0.4) is 0 Å². The molecule has 0 saturated heterocycles. The minimum atomic E-state index is -0.945. The average Bonchev–Trinajstić information content (AvgIpc) is 2.68. The summed E-state index contributed by atoms with van der Waals surface area (Å²) in [6.45, 7) is 9.25. The minimum absolute atomic E-state index is 0.0245. The van der Waals surface area contributed by atoms with Gasteiger partial charge in [-0.1, -0.05) is 35.9 Å². The third-order valence-corrected chi connectivity index (χ3v) is 4.75. The van der Waals surface area contributed by atoms with E-state index in [0.29, 0.717) is 12.0 Å². The van der Waals surface area contributed by atoms with Crippen molar-refractivity contribution in [1.29, 1.82) is 0 Å². The fourth-order valence-electron chi connectivity index (χ4n) is 2.84. The summed E-state index contributed by atoms with van der Waals surface area (Å²) in [5.41, 5.74) is 3.22. The number of aliphatic hydroxyl groups is 1. The molecule has 0 amide bonds. The van der Waals surface area contributed by atoms with E-state index in [1.54, 1.807) is 31.2 Å². The molecular formula is C25H28O5. The molecule has 0 heterocycles. The molecule has 0 aliphatic heterocycles. The van der Waals surface area contributed by atoms with E-state index in [1.165, 1.54) is 18.2 Å². The van der Waals surface area contributed by atoms with Gasteiger partial charge in [-0.3, -0.25) is 4.79 Å². The number of allylic oxidation sites excluding steroid dienone is 3. The quantitative estimate of drug-likeness (QED) is 0.289. The number of carbonyl (C=O) groups excluding carboxylic acids is 1. The van der Waals surface area contributed by atoms with E-state index in [-0.39, 0.29) is 34.8 Å². The molecule has 0 aliphatic rings. The maximum atomic E-state index is 12.6. The van der Waals surface area contributed by atoms with Crippen molar-refractivity contribution in [3.05, 3.63) is 82.5 Å². The van der Waals surface area contributed by atoms with E-state index < -0.39 is 11.9 Å². The molecule has 0 unspecified atom stereocenters. The first kappa shape index (κ1) is 23.0. The smallest absolute Gasteiger partial charge is 0.189 e. The predicted octanol–water partition coefficient (Wildman–Crippen LogP) is 4.69. The van der Waals surface area contributed by atoms with Crippen molar-refractivity contribution in [3.8, 4) is 17.2 Å². The summed E-state index contributed by atoms with van der Waals surface area (Å²) in [4.78, 5) is 12.6. The number of benzene rings is 2. The molecule has 5 heteroatoms. The van der Waals surface area contributed by atoms with Crippen LogP contribution in [-0.4, -0.2) is 32.3 Å². The summed E-state index contributed by atoms with van der Waals surface area (Å²) < 4.78 is 0. The van der Waals surface area contributed by atoms with Gasteiger partial charge in [-0.25, -0.2) is 0 Å². The van der Waals surface area contributed by atoms with E-state index in [0.717, 1.165) is 16.7 Å². The highest BCUT2D eigenvalue weighted by atomic mass is 16.3. The molecule has 4 N–H and O–H groups in total. The number of ketones is 1. The second kappa shape index (κ2) is 9.94. The predicted molar refractivity (Wildman–Crippen MR) is 119 cm³/mol. The Morgan fingerprint density at radius 2 is 1.73 bits per heavy atom. The van der Waals surface area contributed by atoms with Gasteiger partial charge in [0.05, 0.1) is 11.7 Å². The summed E-state index contributed by atoms with van der Waals surface area (Å²) in [5, 5.41) is 40.5. The number of phenolic OH excluding ortho intramolecular Hbond substituents is 3. The Bertz CT molecular complexity index is 1010. The minimum Gasteiger partial charge on any atom is -0.508 e. The summed E-state index contributed by atoms with van der Waals surface area (Å²) in [6.07, 6.45) is 4.51. The van der Waals surface area contributed by atoms with Gasteiger partial charge >= 0.3 is 0 Å². The molecule has 5 nitrogen and oxygen atoms in total. The molecule has 158 valence electrons. The zero-order valence-corrected chi connectivity index (χ0v) is 17.5. The third-order valence-electron chi connectivity index (χ3n) is 4.75. The van der Waals surface area contributed by atoms with Crippen LogP contribution in [0.1, 0.15) is 47.8 Å². The zero-order valence-electron chi connectivity index (χ0n) is 17.5. The maximum Gasteiger partial charge on any atom is 0.189 e. The number of carbonyl (C=O) groups is 1. The van der Waals surface area contributed by atoms with Crippen LogP contribution < -0.4 is 0 Å². The number of aliphatic hydroxyl groups excluding tert-OH is 1. The van der Waals surface area contributed by atoms with Crippen LogP contribution >= 0.6 is 0 Å². The Labute approximate surface area is 177 Å². The fraction of sp³-hybridized carbons (Fsp3) is 0.240. The van der Waals surface area contributed by atoms with Gasteiger partial charge in [-0.2, -0.15) is 0 Å². The van der Waals surface area contributed by atoms with Crippen molar-refractivity contribution in [2.24, 2.45) is 0 Å². The molecule has 0 fully saturated rings. The van der Waals surface area contributed by atoms with Crippen LogP contribution in [0.4, 0.5) is 0 Å². The summed E-state index contributed by atoms with van der Waals surface area (Å²) in [6, 6.07) is 7.72. The van der Waals surface area contributed by atoms with Gasteiger partial charge in [0.2, 0.25) is 0 Å². The van der Waals surface area contributed by atoms with Crippen LogP contribution in [0.25, 0.3) is 6.08 Å². The molecule has 2 rings (SSSR count). The van der Waals surface area contributed by atoms with E-state index in [2.05, 4.69) is 6.58 Å². The van der Waals surface area contributed by atoms with Crippen LogP contribution in [-0.2, 0) is 12.8 Å². The van der Waals surface area contributed by atoms with Gasteiger partial charge < -0.3 is 20.4 Å². The van der Waals surface area contributed by atoms with Crippen LogP contribution in [0.2, 0.25) is 0 Å². The second-order valence-electron chi connectivity index (χ2n) is 7.60. The van der Waals surface area contributed by atoms with Crippen LogP contribution in [0.15, 0.2) is 60.2 Å². The van der Waals surface area contributed by atoms with Crippen LogP contribution in [0, 0.1) is 0 Å². The van der Waals surface area contributed by atoms with Crippen molar-refractivity contribution in [2.45, 2.75) is 39.7 Å². The van der Waals surface area contributed by atoms with Crippen LogP contribution in [0.5, 0.6) is 17.2 Å². The Kier molecular flexibility index (Phi) is 7.61. The van der Waals surface area contributed by atoms with E-state index in [4.69, 9.17) is 0 Å². The molecule has 0 spiro atoms. The standard InChI is InChI=1S/C25H28O5/c1-15(2)5-8-18-13-17(6-10-21(18)26)7-11-22(27)19-9-12-23(28)20(25(19)30)14-24(29)16(3)4/h5-7,9-13,24,26,28-30H,3,8,14H2,1-2,4H3/t24-/m1/s1. The number of aromatic hydroxyl groups is 3. The summed E-state index contributed by atoms with van der Waals surface area (Å²) in [7, 11) is 0. The van der Waals surface area contributed by atoms with Crippen molar-refractivity contribution in [3.63, 3.8) is 0 Å². The molecule has 0 aliphatic carbocycles. The molecule has 2 aromatic rings. The summed E-state index contributed by atoms with van der Waals surface area (Å²) >= 11 is 0. The SMILES string of the molecule is C=C(C)[C@H](O)Cc1c(O)ccc(C(=O)C=Cc2ccc(O)c(CC=C(C)C)c2)c1O. The number of hydrogen-bond acceptors (Lipinski definition) is 5. The lowest BCUT2D eigenvalue weighted by molar-refractivity contribution is 0.104. The van der Waals surface area contributed by atoms with Gasteiger partial charge in [-0.05, 0) is 68.7 Å². The molecule has 0 saturated carbocycles. The number of hydrogen-bond donors (Lipinski definition) is 4. The second-order valence-corrected chi connectivity index (χ2v) is 7.60. The first-order valence-corrected chi connectivity index (χ1v) is 9.65. The molecule has 2 aromatic carbocycles. The lowest BCUT2D eigenvalue weighted by Gasteiger charge is -2.14. The van der Waals surface area contributed by atoms with E-state index in [1.807, 2.05) is 19.9 Å². The Hall–Kier alpha value is -3.31. The number of rotatable bonds is 8. The number of phenols is 3. The highest BCUT2D eigenvalue weighted by Gasteiger charge is 2.19. The summed E-state index contributed by atoms with van der Waals surface area (Å²) in [5.74, 6) is -0.818. The van der Waals surface area contributed by atoms with Crippen molar-refractivity contribution in [1.82, 2.24) is 0 Å². The van der Waals surface area contributed by atoms with Crippen molar-refractivity contribution < 1.29 is 25.2 Å². The Morgan fingerprint density at radius 1 is 1.07 bits per heavy atom. The Balaban J connectivity index is 2.28. The zero-order chi connectivity index (χ0) is 22.4. The molecule has 0 radical (unpaired) electrons. The van der Waals surface area contributed by atoms with Gasteiger partial charge in [0.15, 0.2) is 5.78 Å². The molecular weight excluding hydrogens is 380 g/mol. The third kappa shape index (κ3) is 5.84. The molecule has 30 heavy (non-hydrogen) atoms. The monoisotopic (exact) mass is 408 g/mol. The topological polar surface area (TPSA) is 98.0 Å². The lowest BCUT2D eigenvalue weighted by Crippen LogP contribution is -2.12. The van der Waals surface area contributed by atoms with Gasteiger partial charge in [0.25, 0.3) is 0 Å². The first-order valence-electron chi connectivity index (χ1n) is 9.65. The van der Waals surface area contributed by atoms with Gasteiger partial charge in [-0.15, -0.1) is 0 Å². The largest absolute Gasteiger partial charge is 0.508 e. The molecule has 1 atom stereocenters. The fourth-order valence-corrected chi connectivity index (χ4v) is 2.84. The van der Waals surface area contributed by atoms with Gasteiger partial charge in [0.1, 0.15) is 17.2 Å². The van der Waals surface area contributed by atoms with E-state index >= 15 is 0 Å². The maximum absolute atomic E-state index is 12.6. The van der Waals surface area contributed by atoms with Gasteiger partial charge in [0, 0.05) is 12.0 Å². The Morgan fingerprint density at radius 3 is 2.37 bits per heavy atom. The van der Waals surface area contributed by atoms with E-state index in [9.17, 15) is 25.2 Å².